The van der Waals surface area contributed by atoms with Gasteiger partial charge in [0, 0.05) is 10.9 Å². The summed E-state index contributed by atoms with van der Waals surface area (Å²) in [5.74, 6) is 0.334. The number of amides is 1. The van der Waals surface area contributed by atoms with Crippen molar-refractivity contribution < 1.29 is 4.79 Å². The van der Waals surface area contributed by atoms with Crippen LogP contribution in [0.25, 0.3) is 0 Å². The summed E-state index contributed by atoms with van der Waals surface area (Å²) in [5, 5.41) is 3.33. The largest absolute Gasteiger partial charge is 0.325 e. The van der Waals surface area contributed by atoms with Crippen LogP contribution in [0.3, 0.4) is 0 Å². The molecule has 0 aliphatic carbocycles. The van der Waals surface area contributed by atoms with Gasteiger partial charge in [0.25, 0.3) is 0 Å². The number of anilines is 1. The highest BCUT2D eigenvalue weighted by molar-refractivity contribution is 9.10. The lowest BCUT2D eigenvalue weighted by Gasteiger charge is -2.08. The molecule has 4 heteroatoms. The number of rotatable bonds is 3. The molecule has 1 aromatic rings. The first-order valence-corrected chi connectivity index (χ1v) is 5.91. The van der Waals surface area contributed by atoms with E-state index in [1.807, 2.05) is 19.9 Å². The highest BCUT2D eigenvalue weighted by Crippen LogP contribution is 2.25. The van der Waals surface area contributed by atoms with Gasteiger partial charge in [-0.15, -0.1) is 0 Å². The van der Waals surface area contributed by atoms with Crippen molar-refractivity contribution in [3.8, 4) is 0 Å². The fourth-order valence-electron chi connectivity index (χ4n) is 1.17. The molecule has 0 aliphatic heterocycles. The lowest BCUT2D eigenvalue weighted by Crippen LogP contribution is -2.14. The van der Waals surface area contributed by atoms with Crippen LogP contribution in [0.4, 0.5) is 5.69 Å². The van der Waals surface area contributed by atoms with E-state index < -0.39 is 0 Å². The molecule has 0 bridgehead atoms. The van der Waals surface area contributed by atoms with Crippen LogP contribution in [0.2, 0.25) is 5.02 Å². The van der Waals surface area contributed by atoms with Crippen LogP contribution in [0, 0.1) is 5.92 Å². The summed E-state index contributed by atoms with van der Waals surface area (Å²) >= 11 is 9.27. The summed E-state index contributed by atoms with van der Waals surface area (Å²) in [5.41, 5.74) is 0.650. The van der Waals surface area contributed by atoms with E-state index in [4.69, 9.17) is 11.6 Å². The van der Waals surface area contributed by atoms with Crippen LogP contribution in [-0.2, 0) is 4.79 Å². The number of carbonyl (C=O) groups excluding carboxylic acids is 1. The summed E-state index contributed by atoms with van der Waals surface area (Å²) in [6.07, 6.45) is 0.503. The molecule has 0 spiro atoms. The van der Waals surface area contributed by atoms with Gasteiger partial charge in [-0.05, 0) is 24.1 Å². The minimum atomic E-state index is -0.00926. The van der Waals surface area contributed by atoms with Gasteiger partial charge >= 0.3 is 0 Å². The van der Waals surface area contributed by atoms with E-state index in [-0.39, 0.29) is 5.91 Å². The molecule has 1 N–H and O–H groups in total. The number of hydrogen-bond donors (Lipinski definition) is 1. The Morgan fingerprint density at radius 3 is 2.80 bits per heavy atom. The maximum atomic E-state index is 11.5. The van der Waals surface area contributed by atoms with Crippen molar-refractivity contribution in [1.82, 2.24) is 0 Å². The normalized spacial score (nSPS) is 10.5. The second-order valence-electron chi connectivity index (χ2n) is 3.77. The molecule has 0 heterocycles. The summed E-state index contributed by atoms with van der Waals surface area (Å²) in [6.45, 7) is 4.00. The number of carbonyl (C=O) groups is 1. The molecule has 0 saturated heterocycles. The van der Waals surface area contributed by atoms with Crippen LogP contribution in [0.5, 0.6) is 0 Å². The molecule has 82 valence electrons. The van der Waals surface area contributed by atoms with Crippen molar-refractivity contribution in [2.24, 2.45) is 5.92 Å². The van der Waals surface area contributed by atoms with E-state index in [1.165, 1.54) is 0 Å². The van der Waals surface area contributed by atoms with Gasteiger partial charge in [-0.2, -0.15) is 0 Å². The lowest BCUT2D eigenvalue weighted by atomic mass is 10.1. The number of benzene rings is 1. The van der Waals surface area contributed by atoms with Gasteiger partial charge in [0.05, 0.1) is 10.7 Å². The molecule has 1 aromatic carbocycles. The smallest absolute Gasteiger partial charge is 0.224 e. The van der Waals surface area contributed by atoms with Crippen LogP contribution in [0.15, 0.2) is 22.7 Å². The zero-order valence-electron chi connectivity index (χ0n) is 8.68. The molecule has 15 heavy (non-hydrogen) atoms. The highest BCUT2D eigenvalue weighted by Gasteiger charge is 2.07. The van der Waals surface area contributed by atoms with E-state index in [1.54, 1.807) is 12.1 Å². The predicted octanol–water partition coefficient (Wildman–Crippen LogP) is 4.09. The van der Waals surface area contributed by atoms with Gasteiger partial charge in [-0.25, -0.2) is 0 Å². The second-order valence-corrected chi connectivity index (χ2v) is 5.09. The highest BCUT2D eigenvalue weighted by atomic mass is 79.9. The van der Waals surface area contributed by atoms with Gasteiger partial charge in [0.15, 0.2) is 0 Å². The molecular weight excluding hydrogens is 277 g/mol. The fraction of sp³-hybridized carbons (Fsp3) is 0.364. The molecule has 0 radical (unpaired) electrons. The molecule has 0 aromatic heterocycles. The molecule has 1 amide bonds. The Balaban J connectivity index is 2.71. The Morgan fingerprint density at radius 1 is 1.53 bits per heavy atom. The average molecular weight is 291 g/mol. The standard InChI is InChI=1S/C11H13BrClNO/c1-7(2)5-11(15)14-10-6-8(12)3-4-9(10)13/h3-4,6-7H,5H2,1-2H3,(H,14,15). The van der Waals surface area contributed by atoms with Gasteiger partial charge in [0.2, 0.25) is 5.91 Å². The van der Waals surface area contributed by atoms with Crippen molar-refractivity contribution in [1.29, 1.82) is 0 Å². The molecule has 0 atom stereocenters. The van der Waals surface area contributed by atoms with Crippen LogP contribution in [0.1, 0.15) is 20.3 Å². The summed E-state index contributed by atoms with van der Waals surface area (Å²) in [4.78, 5) is 11.5. The SMILES string of the molecule is CC(C)CC(=O)Nc1cc(Br)ccc1Cl. The van der Waals surface area contributed by atoms with Gasteiger partial charge < -0.3 is 5.32 Å². The number of nitrogens with one attached hydrogen (secondary N) is 1. The van der Waals surface area contributed by atoms with Crippen molar-refractivity contribution in [3.05, 3.63) is 27.7 Å². The second kappa shape index (κ2) is 5.52. The van der Waals surface area contributed by atoms with E-state index >= 15 is 0 Å². The molecule has 2 nitrogen and oxygen atoms in total. The van der Waals surface area contributed by atoms with Crippen molar-refractivity contribution in [2.75, 3.05) is 5.32 Å². The zero-order valence-corrected chi connectivity index (χ0v) is 11.0. The number of hydrogen-bond acceptors (Lipinski definition) is 1. The average Bonchev–Trinajstić information content (AvgIpc) is 2.10. The van der Waals surface area contributed by atoms with Crippen LogP contribution < -0.4 is 5.32 Å². The van der Waals surface area contributed by atoms with E-state index in [0.717, 1.165) is 4.47 Å². The van der Waals surface area contributed by atoms with Crippen molar-refractivity contribution in [3.63, 3.8) is 0 Å². The minimum absolute atomic E-state index is 0.00926. The Kier molecular flexibility index (Phi) is 4.61. The van der Waals surface area contributed by atoms with Crippen molar-refractivity contribution >= 4 is 39.1 Å². The maximum Gasteiger partial charge on any atom is 0.224 e. The van der Waals surface area contributed by atoms with E-state index in [9.17, 15) is 4.79 Å². The maximum absolute atomic E-state index is 11.5. The Bertz CT molecular complexity index is 366. The Morgan fingerprint density at radius 2 is 2.20 bits per heavy atom. The quantitative estimate of drug-likeness (QED) is 0.892. The lowest BCUT2D eigenvalue weighted by molar-refractivity contribution is -0.116. The third kappa shape index (κ3) is 4.22. The van der Waals surface area contributed by atoms with Crippen molar-refractivity contribution in [2.45, 2.75) is 20.3 Å². The van der Waals surface area contributed by atoms with E-state index in [2.05, 4.69) is 21.2 Å². The van der Waals surface area contributed by atoms with Crippen LogP contribution in [-0.4, -0.2) is 5.91 Å². The Labute approximate surface area is 103 Å². The number of halogens is 2. The van der Waals surface area contributed by atoms with Gasteiger partial charge in [-0.1, -0.05) is 41.4 Å². The molecule has 0 aliphatic rings. The summed E-state index contributed by atoms with van der Waals surface area (Å²) in [6, 6.07) is 5.37. The summed E-state index contributed by atoms with van der Waals surface area (Å²) < 4.78 is 0.895. The van der Waals surface area contributed by atoms with Crippen LogP contribution >= 0.6 is 27.5 Å². The third-order valence-electron chi connectivity index (χ3n) is 1.80. The first-order valence-electron chi connectivity index (χ1n) is 4.74. The Hall–Kier alpha value is -0.540. The third-order valence-corrected chi connectivity index (χ3v) is 2.62. The molecule has 0 unspecified atom stereocenters. The predicted molar refractivity (Wildman–Crippen MR) is 67.2 cm³/mol. The monoisotopic (exact) mass is 289 g/mol. The summed E-state index contributed by atoms with van der Waals surface area (Å²) in [7, 11) is 0. The topological polar surface area (TPSA) is 29.1 Å². The zero-order chi connectivity index (χ0) is 11.4. The first-order chi connectivity index (χ1) is 6.99. The van der Waals surface area contributed by atoms with E-state index in [0.29, 0.717) is 23.0 Å². The van der Waals surface area contributed by atoms with Gasteiger partial charge in [-0.3, -0.25) is 4.79 Å². The minimum Gasteiger partial charge on any atom is -0.325 e. The molecule has 0 fully saturated rings. The van der Waals surface area contributed by atoms with Gasteiger partial charge in [0.1, 0.15) is 0 Å². The molecule has 1 rings (SSSR count). The fourth-order valence-corrected chi connectivity index (χ4v) is 1.69. The molecular formula is C11H13BrClNO. The molecule has 0 saturated carbocycles. The first kappa shape index (κ1) is 12.5.